The molecule has 0 aromatic heterocycles. The van der Waals surface area contributed by atoms with Gasteiger partial charge in [-0.3, -0.25) is 0 Å². The zero-order valence-electron chi connectivity index (χ0n) is 5.84. The van der Waals surface area contributed by atoms with Gasteiger partial charge in [-0.1, -0.05) is 12.8 Å². The van der Waals surface area contributed by atoms with Crippen LogP contribution in [0.15, 0.2) is 0 Å². The van der Waals surface area contributed by atoms with Crippen LogP contribution in [0, 0.1) is 23.7 Å². The molecule has 4 atom stereocenters. The fraction of sp³-hybridized carbons (Fsp3) is 1.00. The first kappa shape index (κ1) is 4.76. The molecule has 0 spiro atoms. The highest BCUT2D eigenvalue weighted by molar-refractivity contribution is 5.03. The van der Waals surface area contributed by atoms with E-state index in [0.29, 0.717) is 0 Å². The van der Waals surface area contributed by atoms with Crippen molar-refractivity contribution < 1.29 is 0 Å². The first-order chi connectivity index (χ1) is 4.45. The van der Waals surface area contributed by atoms with E-state index in [0.717, 1.165) is 0 Å². The monoisotopic (exact) mass is 122 g/mol. The molecule has 3 aliphatic rings. The minimum Gasteiger partial charge on any atom is -0.0527 e. The summed E-state index contributed by atoms with van der Waals surface area (Å²) in [5, 5.41) is 0. The van der Waals surface area contributed by atoms with E-state index in [2.05, 4.69) is 0 Å². The second-order valence-electron chi connectivity index (χ2n) is 4.25. The summed E-state index contributed by atoms with van der Waals surface area (Å²) in [5.74, 6) is 4.88. The lowest BCUT2D eigenvalue weighted by Gasteiger charge is -2.10. The van der Waals surface area contributed by atoms with E-state index in [9.17, 15) is 0 Å². The Labute approximate surface area is 56.6 Å². The Morgan fingerprint density at radius 3 is 2.67 bits per heavy atom. The number of hydrogen-bond donors (Lipinski definition) is 0. The van der Waals surface area contributed by atoms with Crippen molar-refractivity contribution in [3.8, 4) is 0 Å². The van der Waals surface area contributed by atoms with Gasteiger partial charge < -0.3 is 0 Å². The van der Waals surface area contributed by atoms with Crippen LogP contribution in [-0.2, 0) is 0 Å². The van der Waals surface area contributed by atoms with Gasteiger partial charge in [0.25, 0.3) is 0 Å². The highest BCUT2D eigenvalue weighted by atomic mass is 14.6. The standard InChI is InChI=1S/C9H14/c1-2-6-4-7-5-9(7)8(6)3-1/h6-9H,1-5H2/t6-,7-,8?,9+/m0/s1. The minimum atomic E-state index is 1.20. The molecule has 9 heavy (non-hydrogen) atoms. The Bertz CT molecular complexity index is 139. The molecule has 0 heteroatoms. The summed E-state index contributed by atoms with van der Waals surface area (Å²) >= 11 is 0. The first-order valence-corrected chi connectivity index (χ1v) is 4.45. The van der Waals surface area contributed by atoms with Crippen molar-refractivity contribution in [1.29, 1.82) is 0 Å². The summed E-state index contributed by atoms with van der Waals surface area (Å²) in [6.07, 6.45) is 7.96. The van der Waals surface area contributed by atoms with Crippen molar-refractivity contribution in [3.05, 3.63) is 0 Å². The molecule has 0 N–H and O–H groups in total. The van der Waals surface area contributed by atoms with E-state index >= 15 is 0 Å². The van der Waals surface area contributed by atoms with E-state index in [4.69, 9.17) is 0 Å². The molecule has 3 saturated carbocycles. The third kappa shape index (κ3) is 0.500. The van der Waals surface area contributed by atoms with Crippen molar-refractivity contribution in [1.82, 2.24) is 0 Å². The van der Waals surface area contributed by atoms with Gasteiger partial charge in [-0.2, -0.15) is 0 Å². The highest BCUT2D eigenvalue weighted by Crippen LogP contribution is 2.62. The second-order valence-corrected chi connectivity index (χ2v) is 4.25. The van der Waals surface area contributed by atoms with Crippen LogP contribution >= 0.6 is 0 Å². The zero-order chi connectivity index (χ0) is 5.84. The van der Waals surface area contributed by atoms with Crippen molar-refractivity contribution in [2.75, 3.05) is 0 Å². The quantitative estimate of drug-likeness (QED) is 0.463. The van der Waals surface area contributed by atoms with Gasteiger partial charge in [0.15, 0.2) is 0 Å². The summed E-state index contributed by atoms with van der Waals surface area (Å²) < 4.78 is 0. The van der Waals surface area contributed by atoms with Gasteiger partial charge >= 0.3 is 0 Å². The van der Waals surface area contributed by atoms with Gasteiger partial charge in [0, 0.05) is 0 Å². The van der Waals surface area contributed by atoms with E-state index in [1.165, 1.54) is 23.7 Å². The van der Waals surface area contributed by atoms with Crippen LogP contribution in [-0.4, -0.2) is 0 Å². The molecule has 1 unspecified atom stereocenters. The number of hydrogen-bond acceptors (Lipinski definition) is 0. The fourth-order valence-corrected chi connectivity index (χ4v) is 3.38. The summed E-state index contributed by atoms with van der Waals surface area (Å²) in [6.45, 7) is 0. The molecule has 3 aliphatic carbocycles. The van der Waals surface area contributed by atoms with Crippen LogP contribution in [0.1, 0.15) is 32.1 Å². The first-order valence-electron chi connectivity index (χ1n) is 4.45. The largest absolute Gasteiger partial charge is 0.0527 e. The van der Waals surface area contributed by atoms with Gasteiger partial charge in [-0.05, 0) is 42.9 Å². The number of fused-ring (bicyclic) bond motifs is 3. The predicted molar refractivity (Wildman–Crippen MR) is 37.0 cm³/mol. The SMILES string of the molecule is C1CC2[C@@H](C1)C[C@H]1C[C@@H]21. The summed E-state index contributed by atoms with van der Waals surface area (Å²) in [7, 11) is 0. The van der Waals surface area contributed by atoms with Crippen molar-refractivity contribution >= 4 is 0 Å². The fourth-order valence-electron chi connectivity index (χ4n) is 3.38. The molecule has 0 amide bonds. The van der Waals surface area contributed by atoms with Gasteiger partial charge in [-0.15, -0.1) is 0 Å². The van der Waals surface area contributed by atoms with Crippen LogP contribution in [0.3, 0.4) is 0 Å². The molecule has 0 aliphatic heterocycles. The molecular formula is C9H14. The van der Waals surface area contributed by atoms with E-state index < -0.39 is 0 Å². The van der Waals surface area contributed by atoms with E-state index in [-0.39, 0.29) is 0 Å². The van der Waals surface area contributed by atoms with Crippen molar-refractivity contribution in [2.45, 2.75) is 32.1 Å². The Hall–Kier alpha value is 0. The van der Waals surface area contributed by atoms with Gasteiger partial charge in [0.1, 0.15) is 0 Å². The maximum absolute atomic E-state index is 1.62. The summed E-state index contributed by atoms with van der Waals surface area (Å²) in [4.78, 5) is 0. The molecule has 3 fully saturated rings. The molecule has 0 aromatic carbocycles. The predicted octanol–water partition coefficient (Wildman–Crippen LogP) is 2.44. The zero-order valence-corrected chi connectivity index (χ0v) is 5.84. The smallest absolute Gasteiger partial charge is 0.0352 e. The van der Waals surface area contributed by atoms with Crippen molar-refractivity contribution in [3.63, 3.8) is 0 Å². The average Bonchev–Trinajstić information content (AvgIpc) is 2.38. The molecule has 50 valence electrons. The number of rotatable bonds is 0. The van der Waals surface area contributed by atoms with Crippen LogP contribution < -0.4 is 0 Å². The van der Waals surface area contributed by atoms with Gasteiger partial charge in [0.2, 0.25) is 0 Å². The Balaban J connectivity index is 1.88. The third-order valence-corrected chi connectivity index (χ3v) is 3.85. The normalized spacial score (nSPS) is 61.3. The molecule has 0 bridgehead atoms. The Kier molecular flexibility index (Phi) is 0.717. The Morgan fingerprint density at radius 2 is 1.78 bits per heavy atom. The second kappa shape index (κ2) is 1.36. The minimum absolute atomic E-state index is 1.20. The maximum Gasteiger partial charge on any atom is -0.0352 e. The molecule has 0 nitrogen and oxygen atoms in total. The molecule has 3 rings (SSSR count). The highest BCUT2D eigenvalue weighted by Gasteiger charge is 2.54. The topological polar surface area (TPSA) is 0 Å². The van der Waals surface area contributed by atoms with Gasteiger partial charge in [0.05, 0.1) is 0 Å². The maximum atomic E-state index is 1.62. The van der Waals surface area contributed by atoms with E-state index in [1.54, 1.807) is 32.1 Å². The van der Waals surface area contributed by atoms with Crippen LogP contribution in [0.25, 0.3) is 0 Å². The lowest BCUT2D eigenvalue weighted by Crippen LogP contribution is -2.02. The molecule has 0 aromatic rings. The molecule has 0 heterocycles. The Morgan fingerprint density at radius 1 is 0.778 bits per heavy atom. The lowest BCUT2D eigenvalue weighted by atomic mass is 9.95. The molecular weight excluding hydrogens is 108 g/mol. The molecule has 0 radical (unpaired) electrons. The van der Waals surface area contributed by atoms with Crippen LogP contribution in [0.5, 0.6) is 0 Å². The average molecular weight is 122 g/mol. The van der Waals surface area contributed by atoms with E-state index in [1.807, 2.05) is 0 Å². The van der Waals surface area contributed by atoms with Crippen molar-refractivity contribution in [2.24, 2.45) is 23.7 Å². The third-order valence-electron chi connectivity index (χ3n) is 3.85. The summed E-state index contributed by atoms with van der Waals surface area (Å²) in [6, 6.07) is 0. The molecule has 0 saturated heterocycles. The van der Waals surface area contributed by atoms with Crippen LogP contribution in [0.4, 0.5) is 0 Å². The van der Waals surface area contributed by atoms with Gasteiger partial charge in [-0.25, -0.2) is 0 Å². The summed E-state index contributed by atoms with van der Waals surface area (Å²) in [5.41, 5.74) is 0. The lowest BCUT2D eigenvalue weighted by molar-refractivity contribution is 0.393. The van der Waals surface area contributed by atoms with Crippen LogP contribution in [0.2, 0.25) is 0 Å².